The van der Waals surface area contributed by atoms with Gasteiger partial charge < -0.3 is 10.4 Å². The molecule has 0 radical (unpaired) electrons. The third-order valence-corrected chi connectivity index (χ3v) is 8.59. The number of hydrogen-bond acceptors (Lipinski definition) is 3. The predicted octanol–water partition coefficient (Wildman–Crippen LogP) is 4.49. The number of fused-ring (bicyclic) bond motifs is 1. The van der Waals surface area contributed by atoms with Crippen molar-refractivity contribution in [3.05, 3.63) is 70.8 Å². The van der Waals surface area contributed by atoms with Crippen LogP contribution in [0, 0.1) is 31.6 Å². The number of amides is 1. The lowest BCUT2D eigenvalue weighted by Gasteiger charge is -2.34. The first-order valence-electron chi connectivity index (χ1n) is 12.3. The Morgan fingerprint density at radius 3 is 2.31 bits per heavy atom. The van der Waals surface area contributed by atoms with E-state index in [0.29, 0.717) is 17.9 Å². The molecule has 5 atom stereocenters. The summed E-state index contributed by atoms with van der Waals surface area (Å²) in [5.41, 5.74) is 3.37. The van der Waals surface area contributed by atoms with Gasteiger partial charge in [0.05, 0.1) is 0 Å². The standard InChI is InChI=1S/C28H36N2O2/c1-18-13-14-21(15-19(18)2)20(3)30-16-24-25(17-30)26(24)29-27(31)28(32,23-11-7-8-12-23)22-9-5-4-6-10-22/h4-6,9-10,13-15,20,23-26,32H,7-8,11-12,16-17H2,1-3H3,(H,29,31)/t20?,24-,25?,26+,28?/m0/s1. The molecule has 170 valence electrons. The van der Waals surface area contributed by atoms with Gasteiger partial charge in [-0.2, -0.15) is 0 Å². The number of hydrogen-bond donors (Lipinski definition) is 2. The molecule has 2 aromatic carbocycles. The molecule has 3 aliphatic rings. The van der Waals surface area contributed by atoms with E-state index in [1.165, 1.54) is 16.7 Å². The van der Waals surface area contributed by atoms with Gasteiger partial charge in [0.1, 0.15) is 0 Å². The quantitative estimate of drug-likeness (QED) is 0.707. The Hall–Kier alpha value is -2.17. The summed E-state index contributed by atoms with van der Waals surface area (Å²) in [5.74, 6) is 0.807. The molecule has 32 heavy (non-hydrogen) atoms. The average Bonchev–Trinajstić information content (AvgIpc) is 3.23. The molecule has 2 aromatic rings. The molecule has 2 saturated carbocycles. The molecule has 4 heteroatoms. The Balaban J connectivity index is 1.24. The number of rotatable bonds is 6. The molecule has 1 saturated heterocycles. The van der Waals surface area contributed by atoms with Crippen LogP contribution in [0.25, 0.3) is 0 Å². The molecule has 0 spiro atoms. The summed E-state index contributed by atoms with van der Waals surface area (Å²) in [6.45, 7) is 8.64. The third-order valence-electron chi connectivity index (χ3n) is 8.59. The van der Waals surface area contributed by atoms with Crippen molar-refractivity contribution < 1.29 is 9.90 Å². The van der Waals surface area contributed by atoms with E-state index in [1.807, 2.05) is 30.3 Å². The fourth-order valence-corrected chi connectivity index (χ4v) is 6.17. The maximum absolute atomic E-state index is 13.5. The van der Waals surface area contributed by atoms with Crippen LogP contribution >= 0.6 is 0 Å². The molecule has 0 aromatic heterocycles. The molecule has 1 amide bonds. The zero-order valence-corrected chi connectivity index (χ0v) is 19.6. The van der Waals surface area contributed by atoms with Crippen LogP contribution in [0.4, 0.5) is 0 Å². The van der Waals surface area contributed by atoms with Gasteiger partial charge >= 0.3 is 0 Å². The zero-order chi connectivity index (χ0) is 22.5. The largest absolute Gasteiger partial charge is 0.375 e. The molecule has 1 aliphatic heterocycles. The van der Waals surface area contributed by atoms with E-state index in [1.54, 1.807) is 0 Å². The van der Waals surface area contributed by atoms with Crippen LogP contribution in [-0.2, 0) is 10.4 Å². The number of aliphatic hydroxyl groups is 1. The second-order valence-electron chi connectivity index (χ2n) is 10.4. The summed E-state index contributed by atoms with van der Waals surface area (Å²) < 4.78 is 0. The monoisotopic (exact) mass is 432 g/mol. The van der Waals surface area contributed by atoms with E-state index in [4.69, 9.17) is 0 Å². The second-order valence-corrected chi connectivity index (χ2v) is 10.4. The molecule has 2 N–H and O–H groups in total. The van der Waals surface area contributed by atoms with Crippen LogP contribution in [0.15, 0.2) is 48.5 Å². The van der Waals surface area contributed by atoms with E-state index in [9.17, 15) is 9.90 Å². The Bertz CT molecular complexity index is 972. The van der Waals surface area contributed by atoms with Crippen molar-refractivity contribution in [3.8, 4) is 0 Å². The van der Waals surface area contributed by atoms with Crippen molar-refractivity contribution in [1.29, 1.82) is 0 Å². The molecule has 3 unspecified atom stereocenters. The third kappa shape index (κ3) is 3.68. The van der Waals surface area contributed by atoms with Crippen molar-refractivity contribution in [1.82, 2.24) is 10.2 Å². The van der Waals surface area contributed by atoms with Gasteiger partial charge in [-0.1, -0.05) is 61.4 Å². The van der Waals surface area contributed by atoms with Crippen LogP contribution < -0.4 is 5.32 Å². The SMILES string of the molecule is Cc1ccc(C(C)N2CC3[C@H](C2)[C@H]3NC(=O)C(O)(c2ccccc2)C2CCCC2)cc1C. The molecule has 2 aliphatic carbocycles. The Labute approximate surface area is 192 Å². The minimum absolute atomic E-state index is 0.00443. The number of piperidine rings is 1. The van der Waals surface area contributed by atoms with E-state index in [-0.39, 0.29) is 17.9 Å². The van der Waals surface area contributed by atoms with E-state index >= 15 is 0 Å². The first-order valence-corrected chi connectivity index (χ1v) is 12.3. The highest BCUT2D eigenvalue weighted by molar-refractivity contribution is 5.87. The van der Waals surface area contributed by atoms with Gasteiger partial charge in [-0.25, -0.2) is 0 Å². The maximum Gasteiger partial charge on any atom is 0.257 e. The van der Waals surface area contributed by atoms with Crippen molar-refractivity contribution in [2.45, 2.75) is 64.1 Å². The van der Waals surface area contributed by atoms with Gasteiger partial charge in [0.2, 0.25) is 0 Å². The fraction of sp³-hybridized carbons (Fsp3) is 0.536. The number of nitrogens with zero attached hydrogens (tertiary/aromatic N) is 1. The summed E-state index contributed by atoms with van der Waals surface area (Å²) in [7, 11) is 0. The zero-order valence-electron chi connectivity index (χ0n) is 19.6. The van der Waals surface area contributed by atoms with E-state index in [2.05, 4.69) is 49.2 Å². The second kappa shape index (κ2) is 8.31. The minimum atomic E-state index is -1.42. The topological polar surface area (TPSA) is 52.6 Å². The lowest BCUT2D eigenvalue weighted by molar-refractivity contribution is -0.147. The number of nitrogens with one attached hydrogen (secondary N) is 1. The molecule has 0 bridgehead atoms. The summed E-state index contributed by atoms with van der Waals surface area (Å²) in [6, 6.07) is 16.9. The van der Waals surface area contributed by atoms with Crippen molar-refractivity contribution in [2.75, 3.05) is 13.1 Å². The highest BCUT2D eigenvalue weighted by atomic mass is 16.3. The Morgan fingerprint density at radius 2 is 1.69 bits per heavy atom. The molecule has 1 heterocycles. The summed E-state index contributed by atoms with van der Waals surface area (Å²) in [4.78, 5) is 16.0. The molecule has 4 nitrogen and oxygen atoms in total. The molecular formula is C28H36N2O2. The van der Waals surface area contributed by atoms with Gasteiger partial charge in [0, 0.05) is 31.1 Å². The minimum Gasteiger partial charge on any atom is -0.375 e. The Kier molecular flexibility index (Phi) is 5.63. The van der Waals surface area contributed by atoms with Gasteiger partial charge in [0.15, 0.2) is 5.60 Å². The number of carbonyl (C=O) groups is 1. The lowest BCUT2D eigenvalue weighted by atomic mass is 9.79. The highest BCUT2D eigenvalue weighted by Gasteiger charge is 2.59. The number of aryl methyl sites for hydroxylation is 2. The molecule has 3 fully saturated rings. The first kappa shape index (κ1) is 21.7. The van der Waals surface area contributed by atoms with E-state index in [0.717, 1.165) is 44.3 Å². The van der Waals surface area contributed by atoms with Crippen LogP contribution in [0.3, 0.4) is 0 Å². The van der Waals surface area contributed by atoms with Crippen molar-refractivity contribution >= 4 is 5.91 Å². The average molecular weight is 433 g/mol. The molecular weight excluding hydrogens is 396 g/mol. The highest BCUT2D eigenvalue weighted by Crippen LogP contribution is 2.49. The van der Waals surface area contributed by atoms with E-state index < -0.39 is 5.60 Å². The fourth-order valence-electron chi connectivity index (χ4n) is 6.17. The smallest absolute Gasteiger partial charge is 0.257 e. The lowest BCUT2D eigenvalue weighted by Crippen LogP contribution is -2.51. The number of carbonyl (C=O) groups excluding carboxylic acids is 1. The normalized spacial score (nSPS) is 28.2. The van der Waals surface area contributed by atoms with Crippen LogP contribution in [-0.4, -0.2) is 35.0 Å². The van der Waals surface area contributed by atoms with Gasteiger partial charge in [-0.15, -0.1) is 0 Å². The number of benzene rings is 2. The van der Waals surface area contributed by atoms with Crippen molar-refractivity contribution in [2.24, 2.45) is 17.8 Å². The summed E-state index contributed by atoms with van der Waals surface area (Å²) >= 11 is 0. The van der Waals surface area contributed by atoms with Crippen LogP contribution in [0.1, 0.15) is 60.9 Å². The maximum atomic E-state index is 13.5. The molecule has 5 rings (SSSR count). The van der Waals surface area contributed by atoms with Crippen LogP contribution in [0.2, 0.25) is 0 Å². The number of likely N-dealkylation sites (tertiary alicyclic amines) is 1. The predicted molar refractivity (Wildman–Crippen MR) is 127 cm³/mol. The first-order chi connectivity index (χ1) is 15.4. The summed E-state index contributed by atoms with van der Waals surface area (Å²) in [6.07, 6.45) is 4.01. The Morgan fingerprint density at radius 1 is 1.03 bits per heavy atom. The van der Waals surface area contributed by atoms with Gasteiger partial charge in [0.25, 0.3) is 5.91 Å². The van der Waals surface area contributed by atoms with Crippen LogP contribution in [0.5, 0.6) is 0 Å². The van der Waals surface area contributed by atoms with Gasteiger partial charge in [-0.3, -0.25) is 9.69 Å². The summed E-state index contributed by atoms with van der Waals surface area (Å²) in [5, 5.41) is 15.0. The van der Waals surface area contributed by atoms with Crippen molar-refractivity contribution in [3.63, 3.8) is 0 Å². The van der Waals surface area contributed by atoms with Gasteiger partial charge in [-0.05, 0) is 67.7 Å².